The molecule has 1 aromatic heterocycles. The molecule has 2 aromatic carbocycles. The summed E-state index contributed by atoms with van der Waals surface area (Å²) < 4.78 is 52.6. The average Bonchev–Trinajstić information content (AvgIpc) is 3.69. The van der Waals surface area contributed by atoms with Crippen molar-refractivity contribution >= 4 is 11.9 Å². The van der Waals surface area contributed by atoms with Gasteiger partial charge in [0.1, 0.15) is 17.7 Å². The second-order valence-corrected chi connectivity index (χ2v) is 10.2. The van der Waals surface area contributed by atoms with Gasteiger partial charge in [-0.2, -0.15) is 0 Å². The maximum absolute atomic E-state index is 13.9. The van der Waals surface area contributed by atoms with Crippen LogP contribution in [0.4, 0.5) is 23.8 Å². The molecule has 1 amide bonds. The number of ether oxygens (including phenoxy) is 2. The summed E-state index contributed by atoms with van der Waals surface area (Å²) in [5.74, 6) is -2.12. The summed E-state index contributed by atoms with van der Waals surface area (Å²) in [6.45, 7) is 3.69. The lowest BCUT2D eigenvalue weighted by molar-refractivity contribution is 0.129. The molecule has 3 fully saturated rings. The van der Waals surface area contributed by atoms with Crippen LogP contribution in [0.5, 0.6) is 5.75 Å². The molecular weight excluding hydrogens is 495 g/mol. The molecule has 2 aliphatic heterocycles. The first-order valence-electron chi connectivity index (χ1n) is 12.9. The number of methoxy groups -OCH3 is 1. The van der Waals surface area contributed by atoms with Gasteiger partial charge in [0.2, 0.25) is 0 Å². The highest BCUT2D eigenvalue weighted by Gasteiger charge is 2.41. The highest BCUT2D eigenvalue weighted by Crippen LogP contribution is 2.44. The quantitative estimate of drug-likeness (QED) is 0.338. The molecular formula is C29H28F3N3O3. The van der Waals surface area contributed by atoms with Crippen molar-refractivity contribution in [2.24, 2.45) is 0 Å². The van der Waals surface area contributed by atoms with Crippen LogP contribution in [-0.4, -0.2) is 42.2 Å². The molecule has 0 N–H and O–H groups in total. The Kier molecular flexibility index (Phi) is 6.16. The summed E-state index contributed by atoms with van der Waals surface area (Å²) in [4.78, 5) is 21.6. The molecule has 9 heteroatoms. The van der Waals surface area contributed by atoms with Crippen LogP contribution in [0.2, 0.25) is 0 Å². The lowest BCUT2D eigenvalue weighted by atomic mass is 9.97. The topological polar surface area (TPSA) is 54.9 Å². The fraction of sp³-hybridized carbons (Fsp3) is 0.379. The number of carbonyl (C=O) groups is 1. The number of nitrogens with zero attached hydrogens (tertiary/aromatic N) is 3. The molecule has 6 rings (SSSR count). The minimum absolute atomic E-state index is 0.0612. The first-order chi connectivity index (χ1) is 18.3. The van der Waals surface area contributed by atoms with Crippen molar-refractivity contribution in [2.75, 3.05) is 25.1 Å². The van der Waals surface area contributed by atoms with Gasteiger partial charge in [0, 0.05) is 29.8 Å². The van der Waals surface area contributed by atoms with Crippen LogP contribution in [0.25, 0.3) is 11.1 Å². The number of benzene rings is 2. The van der Waals surface area contributed by atoms with E-state index in [0.717, 1.165) is 61.4 Å². The highest BCUT2D eigenvalue weighted by atomic mass is 19.2. The molecule has 2 saturated heterocycles. The Bertz CT molecular complexity index is 1380. The van der Waals surface area contributed by atoms with E-state index in [9.17, 15) is 18.0 Å². The van der Waals surface area contributed by atoms with Gasteiger partial charge in [0.15, 0.2) is 17.5 Å². The van der Waals surface area contributed by atoms with E-state index in [0.29, 0.717) is 17.4 Å². The van der Waals surface area contributed by atoms with Gasteiger partial charge >= 0.3 is 6.09 Å². The van der Waals surface area contributed by atoms with E-state index < -0.39 is 35.7 Å². The van der Waals surface area contributed by atoms with E-state index in [1.807, 2.05) is 18.2 Å². The molecule has 3 aromatic rings. The molecule has 0 spiro atoms. The van der Waals surface area contributed by atoms with Gasteiger partial charge in [0.05, 0.1) is 25.4 Å². The SMILES string of the molecule is COc1ccc(C2CC2)cc1-c1ccc(N2CCC2)nc1CN1C(=O)O[C@H](c2cc(F)c(F)c(F)c2)[C@@H]1C. The minimum Gasteiger partial charge on any atom is -0.496 e. The van der Waals surface area contributed by atoms with E-state index in [2.05, 4.69) is 17.0 Å². The summed E-state index contributed by atoms with van der Waals surface area (Å²) in [7, 11) is 1.63. The molecule has 38 heavy (non-hydrogen) atoms. The molecule has 2 atom stereocenters. The largest absolute Gasteiger partial charge is 0.496 e. The van der Waals surface area contributed by atoms with Gasteiger partial charge in [-0.05, 0) is 74.1 Å². The Labute approximate surface area is 219 Å². The Morgan fingerprint density at radius 3 is 2.37 bits per heavy atom. The lowest BCUT2D eigenvalue weighted by Crippen LogP contribution is -2.38. The maximum Gasteiger partial charge on any atom is 0.411 e. The number of aromatic nitrogens is 1. The fourth-order valence-electron chi connectivity index (χ4n) is 5.24. The van der Waals surface area contributed by atoms with E-state index in [-0.39, 0.29) is 12.1 Å². The third-order valence-electron chi connectivity index (χ3n) is 7.75. The van der Waals surface area contributed by atoms with Crippen molar-refractivity contribution in [3.63, 3.8) is 0 Å². The van der Waals surface area contributed by atoms with Crippen LogP contribution in [0.3, 0.4) is 0 Å². The zero-order valence-electron chi connectivity index (χ0n) is 21.2. The predicted octanol–water partition coefficient (Wildman–Crippen LogP) is 6.34. The summed E-state index contributed by atoms with van der Waals surface area (Å²) in [5, 5.41) is 0. The van der Waals surface area contributed by atoms with Crippen LogP contribution in [0, 0.1) is 17.5 Å². The Hall–Kier alpha value is -3.75. The Balaban J connectivity index is 1.37. The van der Waals surface area contributed by atoms with Crippen LogP contribution < -0.4 is 9.64 Å². The molecule has 0 unspecified atom stereocenters. The zero-order valence-corrected chi connectivity index (χ0v) is 21.2. The van der Waals surface area contributed by atoms with Gasteiger partial charge in [-0.1, -0.05) is 6.07 Å². The molecule has 3 heterocycles. The number of halogens is 3. The second-order valence-electron chi connectivity index (χ2n) is 10.2. The number of hydrogen-bond acceptors (Lipinski definition) is 5. The van der Waals surface area contributed by atoms with Gasteiger partial charge in [0.25, 0.3) is 0 Å². The molecule has 0 radical (unpaired) electrons. The van der Waals surface area contributed by atoms with E-state index in [1.54, 1.807) is 14.0 Å². The van der Waals surface area contributed by atoms with Crippen LogP contribution in [0.15, 0.2) is 42.5 Å². The number of pyridine rings is 1. The molecule has 3 aliphatic rings. The molecule has 0 bridgehead atoms. The normalized spacial score (nSPS) is 20.9. The van der Waals surface area contributed by atoms with E-state index in [4.69, 9.17) is 14.5 Å². The molecule has 198 valence electrons. The number of carbonyl (C=O) groups excluding carboxylic acids is 1. The first kappa shape index (κ1) is 24.6. The number of anilines is 1. The summed E-state index contributed by atoms with van der Waals surface area (Å²) in [6.07, 6.45) is 1.83. The molecule has 1 aliphatic carbocycles. The van der Waals surface area contributed by atoms with Crippen LogP contribution in [0.1, 0.15) is 55.0 Å². The van der Waals surface area contributed by atoms with Gasteiger partial charge in [-0.3, -0.25) is 4.90 Å². The number of rotatable bonds is 7. The number of amides is 1. The standard InChI is InChI=1S/C29H28F3N3O3/c1-16-28(19-13-22(30)27(32)23(31)14-19)38-29(36)35(16)15-24-20(7-9-26(33-24)34-10-3-11-34)21-12-18(17-4-5-17)6-8-25(21)37-2/h6-9,12-14,16-17,28H,3-5,10-11,15H2,1-2H3/t16-,28-/m0/s1. The predicted molar refractivity (Wildman–Crippen MR) is 136 cm³/mol. The summed E-state index contributed by atoms with van der Waals surface area (Å²) in [5.41, 5.74) is 3.71. The van der Waals surface area contributed by atoms with Crippen molar-refractivity contribution in [1.29, 1.82) is 0 Å². The van der Waals surface area contributed by atoms with Crippen molar-refractivity contribution in [1.82, 2.24) is 9.88 Å². The molecule has 6 nitrogen and oxygen atoms in total. The van der Waals surface area contributed by atoms with Crippen molar-refractivity contribution in [3.05, 3.63) is 76.7 Å². The number of cyclic esters (lactones) is 1. The number of hydrogen-bond donors (Lipinski definition) is 0. The third-order valence-corrected chi connectivity index (χ3v) is 7.75. The summed E-state index contributed by atoms with van der Waals surface area (Å²) >= 11 is 0. The van der Waals surface area contributed by atoms with Crippen molar-refractivity contribution < 1.29 is 27.4 Å². The van der Waals surface area contributed by atoms with E-state index in [1.165, 1.54) is 10.5 Å². The van der Waals surface area contributed by atoms with Crippen molar-refractivity contribution in [2.45, 2.75) is 50.8 Å². The minimum atomic E-state index is -1.55. The summed E-state index contributed by atoms with van der Waals surface area (Å²) in [6, 6.07) is 11.4. The lowest BCUT2D eigenvalue weighted by Gasteiger charge is -2.33. The highest BCUT2D eigenvalue weighted by molar-refractivity contribution is 5.76. The zero-order chi connectivity index (χ0) is 26.6. The fourth-order valence-corrected chi connectivity index (χ4v) is 5.24. The van der Waals surface area contributed by atoms with Crippen molar-refractivity contribution in [3.8, 4) is 16.9 Å². The van der Waals surface area contributed by atoms with Crippen LogP contribution in [-0.2, 0) is 11.3 Å². The Morgan fingerprint density at radius 2 is 1.74 bits per heavy atom. The average molecular weight is 524 g/mol. The maximum atomic E-state index is 13.9. The van der Waals surface area contributed by atoms with Gasteiger partial charge in [-0.25, -0.2) is 22.9 Å². The monoisotopic (exact) mass is 523 g/mol. The second kappa shape index (κ2) is 9.53. The smallest absolute Gasteiger partial charge is 0.411 e. The Morgan fingerprint density at radius 1 is 1.00 bits per heavy atom. The third kappa shape index (κ3) is 4.33. The van der Waals surface area contributed by atoms with Gasteiger partial charge in [-0.15, -0.1) is 0 Å². The van der Waals surface area contributed by atoms with Crippen LogP contribution >= 0.6 is 0 Å². The molecule has 1 saturated carbocycles. The van der Waals surface area contributed by atoms with Gasteiger partial charge < -0.3 is 14.4 Å². The first-order valence-corrected chi connectivity index (χ1v) is 12.9. The van der Waals surface area contributed by atoms with E-state index >= 15 is 0 Å².